The molecule has 7 nitrogen and oxygen atoms in total. The third-order valence-corrected chi connectivity index (χ3v) is 10.2. The normalized spacial score (nSPS) is 29.3. The van der Waals surface area contributed by atoms with Crippen LogP contribution in [0, 0.1) is 17.7 Å². The van der Waals surface area contributed by atoms with Gasteiger partial charge in [0.25, 0.3) is 0 Å². The van der Waals surface area contributed by atoms with Gasteiger partial charge in [0.15, 0.2) is 0 Å². The summed E-state index contributed by atoms with van der Waals surface area (Å²) in [6.07, 6.45) is -1.92. The number of hydrogen-bond donors (Lipinski definition) is 0. The van der Waals surface area contributed by atoms with Gasteiger partial charge in [-0.1, -0.05) is 36.4 Å². The van der Waals surface area contributed by atoms with Crippen LogP contribution in [0.25, 0.3) is 0 Å². The van der Waals surface area contributed by atoms with E-state index < -0.39 is 39.9 Å². The molecular weight excluding hydrogens is 510 g/mol. The number of nitrogens with zero attached hydrogens (tertiary/aromatic N) is 5. The first-order valence-electron chi connectivity index (χ1n) is 12.1. The molecule has 3 heterocycles. The zero-order chi connectivity index (χ0) is 25.9. The Kier molecular flexibility index (Phi) is 5.79. The smallest absolute Gasteiger partial charge is 0.371 e. The van der Waals surface area contributed by atoms with Crippen LogP contribution in [0.15, 0.2) is 61.2 Å². The molecule has 0 radical (unpaired) electrons. The van der Waals surface area contributed by atoms with E-state index in [2.05, 4.69) is 10.2 Å². The zero-order valence-electron chi connectivity index (χ0n) is 19.7. The fraction of sp³-hybridized carbons (Fsp3) is 0.440. The number of fused-ring (bicyclic) bond motifs is 1. The van der Waals surface area contributed by atoms with Gasteiger partial charge in [-0.2, -0.15) is 17.5 Å². The van der Waals surface area contributed by atoms with E-state index in [0.717, 1.165) is 13.1 Å². The van der Waals surface area contributed by atoms with Gasteiger partial charge < -0.3 is 9.47 Å². The van der Waals surface area contributed by atoms with Gasteiger partial charge in [-0.05, 0) is 30.5 Å². The lowest BCUT2D eigenvalue weighted by molar-refractivity contribution is -0.176. The standard InChI is InChI=1S/C25H25F4N5O2S/c26-21-10-18(32-12-19-20(13-32)24(19)33-14-30-31-15-33)7-6-17(21)11-34-23(25(27,28)29)9-8-22(37(34,35)36)16-4-2-1-3-5-16/h1-7,10,14-15,19-20,22-24H,8-9,11-13H2/t19-,20+,22-,23?,24?/m1/s1. The van der Waals surface area contributed by atoms with Gasteiger partial charge in [-0.25, -0.2) is 12.8 Å². The third kappa shape index (κ3) is 4.29. The van der Waals surface area contributed by atoms with Gasteiger partial charge in [-0.3, -0.25) is 0 Å². The van der Waals surface area contributed by atoms with Crippen LogP contribution >= 0.6 is 0 Å². The Morgan fingerprint density at radius 2 is 1.62 bits per heavy atom. The molecule has 12 heteroatoms. The van der Waals surface area contributed by atoms with Crippen LogP contribution in [0.5, 0.6) is 0 Å². The Bertz CT molecular complexity index is 1370. The number of anilines is 1. The molecule has 1 aromatic heterocycles. The van der Waals surface area contributed by atoms with Gasteiger partial charge in [-0.15, -0.1) is 10.2 Å². The van der Waals surface area contributed by atoms with E-state index in [4.69, 9.17) is 0 Å². The minimum absolute atomic E-state index is 0.0815. The van der Waals surface area contributed by atoms with Gasteiger partial charge in [0.2, 0.25) is 10.0 Å². The summed E-state index contributed by atoms with van der Waals surface area (Å²) in [4.78, 5) is 2.05. The molecule has 3 aliphatic rings. The quantitative estimate of drug-likeness (QED) is 0.455. The van der Waals surface area contributed by atoms with Crippen molar-refractivity contribution in [2.45, 2.75) is 42.9 Å². The van der Waals surface area contributed by atoms with Crippen LogP contribution in [-0.2, 0) is 16.6 Å². The SMILES string of the molecule is O=S1(=O)[C@@H](c2ccccc2)CCC(C(F)(F)F)N1Cc1ccc(N2C[C@@H]3C(n4cnnc4)[C@@H]3C2)cc1F. The summed E-state index contributed by atoms with van der Waals surface area (Å²) < 4.78 is 86.2. The van der Waals surface area contributed by atoms with Crippen molar-refractivity contribution < 1.29 is 26.0 Å². The summed E-state index contributed by atoms with van der Waals surface area (Å²) >= 11 is 0. The Morgan fingerprint density at radius 1 is 0.946 bits per heavy atom. The Labute approximate surface area is 211 Å². The molecule has 0 amide bonds. The van der Waals surface area contributed by atoms with Crippen LogP contribution < -0.4 is 4.90 Å². The van der Waals surface area contributed by atoms with E-state index in [1.807, 2.05) is 9.47 Å². The molecule has 1 saturated carbocycles. The Hall–Kier alpha value is -2.99. The summed E-state index contributed by atoms with van der Waals surface area (Å²) in [5, 5.41) is 6.58. The molecule has 2 unspecified atom stereocenters. The maximum Gasteiger partial charge on any atom is 0.405 e. The van der Waals surface area contributed by atoms with Crippen molar-refractivity contribution in [3.63, 3.8) is 0 Å². The van der Waals surface area contributed by atoms with Crippen molar-refractivity contribution in [2.24, 2.45) is 11.8 Å². The number of halogens is 4. The second-order valence-corrected chi connectivity index (χ2v) is 12.1. The minimum Gasteiger partial charge on any atom is -0.371 e. The fourth-order valence-electron chi connectivity index (χ4n) is 6.02. The summed E-state index contributed by atoms with van der Waals surface area (Å²) in [6, 6.07) is 10.7. The van der Waals surface area contributed by atoms with E-state index in [1.54, 1.807) is 49.1 Å². The van der Waals surface area contributed by atoms with Crippen molar-refractivity contribution in [2.75, 3.05) is 18.0 Å². The summed E-state index contributed by atoms with van der Waals surface area (Å²) in [5.74, 6) is 0.0887. The average Bonchev–Trinajstić information content (AvgIpc) is 3.23. The molecular formula is C25H25F4N5O2S. The molecule has 0 bridgehead atoms. The third-order valence-electron chi connectivity index (χ3n) is 7.94. The lowest BCUT2D eigenvalue weighted by atomic mass is 10.0. The van der Waals surface area contributed by atoms with Crippen molar-refractivity contribution >= 4 is 15.7 Å². The first-order chi connectivity index (χ1) is 17.6. The maximum atomic E-state index is 15.2. The predicted molar refractivity (Wildman–Crippen MR) is 127 cm³/mol. The van der Waals surface area contributed by atoms with Crippen molar-refractivity contribution in [3.8, 4) is 0 Å². The van der Waals surface area contributed by atoms with Crippen LogP contribution in [0.4, 0.5) is 23.2 Å². The number of sulfonamides is 1. The summed E-state index contributed by atoms with van der Waals surface area (Å²) in [5.41, 5.74) is 0.982. The minimum atomic E-state index is -4.76. The molecule has 2 aliphatic heterocycles. The topological polar surface area (TPSA) is 71.3 Å². The molecule has 2 saturated heterocycles. The molecule has 6 rings (SSSR count). The second-order valence-electron chi connectivity index (χ2n) is 10.0. The molecule has 0 N–H and O–H groups in total. The van der Waals surface area contributed by atoms with Crippen molar-refractivity contribution in [1.29, 1.82) is 0 Å². The molecule has 196 valence electrons. The molecule has 2 aromatic carbocycles. The number of piperidine rings is 1. The highest BCUT2D eigenvalue weighted by atomic mass is 32.2. The number of aromatic nitrogens is 3. The Balaban J connectivity index is 1.22. The van der Waals surface area contributed by atoms with Crippen LogP contribution in [0.2, 0.25) is 0 Å². The summed E-state index contributed by atoms with van der Waals surface area (Å²) in [6.45, 7) is 0.770. The highest BCUT2D eigenvalue weighted by Crippen LogP contribution is 2.55. The van der Waals surface area contributed by atoms with Crippen molar-refractivity contribution in [3.05, 3.63) is 78.1 Å². The van der Waals surface area contributed by atoms with E-state index in [1.165, 1.54) is 12.1 Å². The highest BCUT2D eigenvalue weighted by molar-refractivity contribution is 7.89. The van der Waals surface area contributed by atoms with Crippen LogP contribution in [0.1, 0.15) is 35.3 Å². The first kappa shape index (κ1) is 24.4. The molecule has 3 fully saturated rings. The highest BCUT2D eigenvalue weighted by Gasteiger charge is 2.57. The Morgan fingerprint density at radius 3 is 2.24 bits per heavy atom. The molecule has 0 spiro atoms. The number of benzene rings is 2. The van der Waals surface area contributed by atoms with Crippen molar-refractivity contribution in [1.82, 2.24) is 19.1 Å². The maximum absolute atomic E-state index is 15.2. The number of hydrogen-bond acceptors (Lipinski definition) is 5. The van der Waals surface area contributed by atoms with Crippen LogP contribution in [-0.4, -0.2) is 52.8 Å². The molecule has 37 heavy (non-hydrogen) atoms. The lowest BCUT2D eigenvalue weighted by Gasteiger charge is -2.39. The van der Waals surface area contributed by atoms with E-state index >= 15 is 4.39 Å². The van der Waals surface area contributed by atoms with E-state index in [9.17, 15) is 21.6 Å². The zero-order valence-corrected chi connectivity index (χ0v) is 20.5. The first-order valence-corrected chi connectivity index (χ1v) is 13.6. The predicted octanol–water partition coefficient (Wildman–Crippen LogP) is 4.32. The monoisotopic (exact) mass is 535 g/mol. The molecule has 1 aliphatic carbocycles. The number of rotatable bonds is 5. The van der Waals surface area contributed by atoms with Gasteiger partial charge in [0.1, 0.15) is 29.8 Å². The largest absolute Gasteiger partial charge is 0.405 e. The van der Waals surface area contributed by atoms with Gasteiger partial charge in [0.05, 0.1) is 0 Å². The van der Waals surface area contributed by atoms with Crippen LogP contribution in [0.3, 0.4) is 0 Å². The molecule has 5 atom stereocenters. The lowest BCUT2D eigenvalue weighted by Crippen LogP contribution is -2.52. The molecule has 3 aromatic rings. The van der Waals surface area contributed by atoms with Gasteiger partial charge >= 0.3 is 6.18 Å². The second kappa shape index (κ2) is 8.80. The van der Waals surface area contributed by atoms with E-state index in [-0.39, 0.29) is 18.4 Å². The average molecular weight is 536 g/mol. The number of alkyl halides is 3. The summed E-state index contributed by atoms with van der Waals surface area (Å²) in [7, 11) is -4.40. The fourth-order valence-corrected chi connectivity index (χ4v) is 8.18. The van der Waals surface area contributed by atoms with Gasteiger partial charge in [0, 0.05) is 48.8 Å². The van der Waals surface area contributed by atoms with E-state index in [0.29, 0.717) is 33.4 Å².